The SMILES string of the molecule is O=c1c2ccc(-c3ccccc3)cc2c2c(Br)ccc3nc(-c4ccccc4)n1c32. The fourth-order valence-corrected chi connectivity index (χ4v) is 4.78. The lowest BCUT2D eigenvalue weighted by Gasteiger charge is -2.10. The average Bonchev–Trinajstić information content (AvgIpc) is 3.19. The zero-order valence-electron chi connectivity index (χ0n) is 15.8. The third-order valence-electron chi connectivity index (χ3n) is 5.63. The number of benzene rings is 4. The number of hydrogen-bond donors (Lipinski definition) is 0. The van der Waals surface area contributed by atoms with Crippen molar-refractivity contribution in [2.75, 3.05) is 0 Å². The first kappa shape index (κ1) is 17.4. The molecule has 0 spiro atoms. The smallest absolute Gasteiger partial charge is 0.264 e. The van der Waals surface area contributed by atoms with Crippen molar-refractivity contribution in [2.45, 2.75) is 0 Å². The second-order valence-corrected chi connectivity index (χ2v) is 8.21. The molecule has 0 amide bonds. The maximum Gasteiger partial charge on any atom is 0.264 e. The van der Waals surface area contributed by atoms with Crippen molar-refractivity contribution >= 4 is 43.1 Å². The van der Waals surface area contributed by atoms with E-state index in [0.29, 0.717) is 11.2 Å². The number of fused-ring (bicyclic) bond motifs is 2. The summed E-state index contributed by atoms with van der Waals surface area (Å²) in [5.74, 6) is 0.674. The summed E-state index contributed by atoms with van der Waals surface area (Å²) in [6, 6.07) is 30.1. The lowest BCUT2D eigenvalue weighted by Crippen LogP contribution is -2.14. The van der Waals surface area contributed by atoms with Crippen LogP contribution in [0.15, 0.2) is 100 Å². The number of halogens is 1. The van der Waals surface area contributed by atoms with Crippen molar-refractivity contribution in [3.05, 3.63) is 106 Å². The van der Waals surface area contributed by atoms with Crippen LogP contribution < -0.4 is 5.56 Å². The van der Waals surface area contributed by atoms with Crippen molar-refractivity contribution in [1.29, 1.82) is 0 Å². The van der Waals surface area contributed by atoms with E-state index in [2.05, 4.69) is 34.1 Å². The van der Waals surface area contributed by atoms with Crippen molar-refractivity contribution in [2.24, 2.45) is 0 Å². The van der Waals surface area contributed by atoms with Crippen LogP contribution in [-0.4, -0.2) is 9.38 Å². The van der Waals surface area contributed by atoms with Crippen LogP contribution in [0.2, 0.25) is 0 Å². The van der Waals surface area contributed by atoms with E-state index in [1.807, 2.05) is 72.8 Å². The first-order chi connectivity index (χ1) is 14.7. The highest BCUT2D eigenvalue weighted by atomic mass is 79.9. The zero-order chi connectivity index (χ0) is 20.2. The van der Waals surface area contributed by atoms with Crippen LogP contribution in [-0.2, 0) is 0 Å². The van der Waals surface area contributed by atoms with Gasteiger partial charge in [0.15, 0.2) is 0 Å². The Balaban J connectivity index is 1.79. The maximum atomic E-state index is 13.6. The van der Waals surface area contributed by atoms with E-state index >= 15 is 0 Å². The van der Waals surface area contributed by atoms with Gasteiger partial charge in [0.25, 0.3) is 5.56 Å². The highest BCUT2D eigenvalue weighted by Gasteiger charge is 2.20. The standard InChI is InChI=1S/C26H15BrN2O/c27-21-13-14-22-24-23(21)20-15-18(16-7-3-1-4-8-16)11-12-19(20)26(30)29(24)25(28-22)17-9-5-2-6-10-17/h1-15H. The summed E-state index contributed by atoms with van der Waals surface area (Å²) in [6.45, 7) is 0. The Hall–Kier alpha value is -3.50. The van der Waals surface area contributed by atoms with Crippen LogP contribution in [0.4, 0.5) is 0 Å². The fraction of sp³-hybridized carbons (Fsp3) is 0. The van der Waals surface area contributed by atoms with E-state index in [0.717, 1.165) is 43.0 Å². The van der Waals surface area contributed by atoms with Crippen molar-refractivity contribution in [3.63, 3.8) is 0 Å². The summed E-state index contributed by atoms with van der Waals surface area (Å²) in [4.78, 5) is 18.4. The lowest BCUT2D eigenvalue weighted by atomic mass is 9.99. The molecule has 0 unspecified atom stereocenters. The maximum absolute atomic E-state index is 13.6. The van der Waals surface area contributed by atoms with E-state index < -0.39 is 0 Å². The molecule has 0 saturated carbocycles. The van der Waals surface area contributed by atoms with Gasteiger partial charge in [0.2, 0.25) is 0 Å². The number of rotatable bonds is 2. The summed E-state index contributed by atoms with van der Waals surface area (Å²) in [5.41, 5.74) is 4.76. The second kappa shape index (κ2) is 6.51. The highest BCUT2D eigenvalue weighted by Crippen LogP contribution is 2.36. The van der Waals surface area contributed by atoms with Gasteiger partial charge in [-0.05, 0) is 40.8 Å². The predicted octanol–water partition coefficient (Wildman–Crippen LogP) is 6.54. The van der Waals surface area contributed by atoms with E-state index in [1.54, 1.807) is 4.40 Å². The van der Waals surface area contributed by atoms with Gasteiger partial charge in [-0.15, -0.1) is 0 Å². The summed E-state index contributed by atoms with van der Waals surface area (Å²) in [6.07, 6.45) is 0. The van der Waals surface area contributed by atoms with E-state index in [-0.39, 0.29) is 5.56 Å². The van der Waals surface area contributed by atoms with Crippen LogP contribution in [0.3, 0.4) is 0 Å². The van der Waals surface area contributed by atoms with Crippen LogP contribution in [0.5, 0.6) is 0 Å². The lowest BCUT2D eigenvalue weighted by molar-refractivity contribution is 1.13. The van der Waals surface area contributed by atoms with Crippen LogP contribution in [0.25, 0.3) is 49.7 Å². The highest BCUT2D eigenvalue weighted by molar-refractivity contribution is 9.10. The largest absolute Gasteiger partial charge is 0.268 e. The molecule has 142 valence electrons. The molecule has 0 saturated heterocycles. The molecule has 0 radical (unpaired) electrons. The number of hydrogen-bond acceptors (Lipinski definition) is 2. The molecular formula is C26H15BrN2O. The summed E-state index contributed by atoms with van der Waals surface area (Å²) in [7, 11) is 0. The summed E-state index contributed by atoms with van der Waals surface area (Å²) >= 11 is 3.73. The molecule has 4 aromatic carbocycles. The molecule has 3 nitrogen and oxygen atoms in total. The Morgan fingerprint density at radius 3 is 2.13 bits per heavy atom. The minimum absolute atomic E-state index is 0.0448. The monoisotopic (exact) mass is 450 g/mol. The van der Waals surface area contributed by atoms with Crippen molar-refractivity contribution in [3.8, 4) is 22.5 Å². The van der Waals surface area contributed by atoms with Crippen LogP contribution >= 0.6 is 15.9 Å². The van der Waals surface area contributed by atoms with Crippen LogP contribution in [0.1, 0.15) is 0 Å². The van der Waals surface area contributed by atoms with E-state index in [9.17, 15) is 4.79 Å². The Morgan fingerprint density at radius 2 is 1.40 bits per heavy atom. The van der Waals surface area contributed by atoms with Gasteiger partial charge >= 0.3 is 0 Å². The molecule has 0 fully saturated rings. The number of nitrogens with zero attached hydrogens (tertiary/aromatic N) is 2. The zero-order valence-corrected chi connectivity index (χ0v) is 17.4. The number of pyridine rings is 1. The first-order valence-electron chi connectivity index (χ1n) is 9.73. The molecule has 4 heteroatoms. The van der Waals surface area contributed by atoms with Gasteiger partial charge in [0.1, 0.15) is 5.82 Å². The molecule has 6 rings (SSSR count). The second-order valence-electron chi connectivity index (χ2n) is 7.36. The Kier molecular flexibility index (Phi) is 3.77. The minimum Gasteiger partial charge on any atom is -0.268 e. The van der Waals surface area contributed by atoms with E-state index in [1.165, 1.54) is 0 Å². The Morgan fingerprint density at radius 1 is 0.700 bits per heavy atom. The average molecular weight is 451 g/mol. The summed E-state index contributed by atoms with van der Waals surface area (Å²) in [5, 5.41) is 2.63. The van der Waals surface area contributed by atoms with Gasteiger partial charge in [-0.25, -0.2) is 4.98 Å². The molecule has 0 N–H and O–H groups in total. The van der Waals surface area contributed by atoms with Crippen molar-refractivity contribution in [1.82, 2.24) is 9.38 Å². The topological polar surface area (TPSA) is 34.4 Å². The molecule has 30 heavy (non-hydrogen) atoms. The minimum atomic E-state index is -0.0448. The van der Waals surface area contributed by atoms with Gasteiger partial charge in [-0.2, -0.15) is 0 Å². The molecule has 6 aromatic rings. The third kappa shape index (κ3) is 2.44. The summed E-state index contributed by atoms with van der Waals surface area (Å²) < 4.78 is 2.71. The molecule has 0 aliphatic carbocycles. The Labute approximate surface area is 180 Å². The third-order valence-corrected chi connectivity index (χ3v) is 6.29. The first-order valence-corrected chi connectivity index (χ1v) is 10.5. The van der Waals surface area contributed by atoms with E-state index in [4.69, 9.17) is 4.98 Å². The van der Waals surface area contributed by atoms with Gasteiger partial charge in [0, 0.05) is 20.8 Å². The number of imidazole rings is 1. The fourth-order valence-electron chi connectivity index (χ4n) is 4.25. The number of aromatic nitrogens is 2. The molecule has 0 aliphatic rings. The normalized spacial score (nSPS) is 11.6. The molecule has 0 atom stereocenters. The predicted molar refractivity (Wildman–Crippen MR) is 126 cm³/mol. The van der Waals surface area contributed by atoms with Gasteiger partial charge in [-0.3, -0.25) is 9.20 Å². The molecule has 2 aromatic heterocycles. The quantitative estimate of drug-likeness (QED) is 0.281. The molecule has 0 aliphatic heterocycles. The van der Waals surface area contributed by atoms with Crippen LogP contribution in [0, 0.1) is 0 Å². The van der Waals surface area contributed by atoms with Gasteiger partial charge in [-0.1, -0.05) is 82.7 Å². The van der Waals surface area contributed by atoms with Crippen molar-refractivity contribution < 1.29 is 0 Å². The Bertz CT molecular complexity index is 1610. The van der Waals surface area contributed by atoms with Gasteiger partial charge in [0.05, 0.1) is 11.0 Å². The molecular weight excluding hydrogens is 436 g/mol. The molecule has 0 bridgehead atoms. The molecule has 2 heterocycles. The van der Waals surface area contributed by atoms with Gasteiger partial charge < -0.3 is 0 Å².